The second-order valence-electron chi connectivity index (χ2n) is 4.08. The lowest BCUT2D eigenvalue weighted by Gasteiger charge is -2.25. The molecule has 0 fully saturated rings. The standard InChI is InChI=1S/C12H23N/c1-10(2)8-7-9-12(5)13(6)11(3)4/h11H,1,5,7-9H2,2-4,6H3. The molecule has 0 aliphatic heterocycles. The third-order valence-electron chi connectivity index (χ3n) is 2.34. The van der Waals surface area contributed by atoms with Gasteiger partial charge in [-0.2, -0.15) is 0 Å². The van der Waals surface area contributed by atoms with E-state index in [9.17, 15) is 0 Å². The van der Waals surface area contributed by atoms with Gasteiger partial charge in [0.2, 0.25) is 0 Å². The molecule has 1 heteroatoms. The van der Waals surface area contributed by atoms with E-state index in [4.69, 9.17) is 0 Å². The normalized spacial score (nSPS) is 10.2. The molecule has 0 aromatic rings. The van der Waals surface area contributed by atoms with Crippen molar-refractivity contribution in [2.24, 2.45) is 0 Å². The summed E-state index contributed by atoms with van der Waals surface area (Å²) in [6, 6.07) is 0.553. The van der Waals surface area contributed by atoms with Crippen molar-refractivity contribution < 1.29 is 0 Å². The summed E-state index contributed by atoms with van der Waals surface area (Å²) in [5, 5.41) is 0. The van der Waals surface area contributed by atoms with Gasteiger partial charge < -0.3 is 4.90 Å². The van der Waals surface area contributed by atoms with Crippen molar-refractivity contribution in [2.75, 3.05) is 7.05 Å². The van der Waals surface area contributed by atoms with Gasteiger partial charge in [-0.05, 0) is 40.0 Å². The molecule has 13 heavy (non-hydrogen) atoms. The van der Waals surface area contributed by atoms with Crippen LogP contribution in [0.1, 0.15) is 40.0 Å². The van der Waals surface area contributed by atoms with Crippen molar-refractivity contribution in [1.82, 2.24) is 4.90 Å². The lowest BCUT2D eigenvalue weighted by molar-refractivity contribution is 0.332. The van der Waals surface area contributed by atoms with Crippen LogP contribution in [0.25, 0.3) is 0 Å². The van der Waals surface area contributed by atoms with Gasteiger partial charge in [0.15, 0.2) is 0 Å². The number of allylic oxidation sites excluding steroid dienone is 2. The van der Waals surface area contributed by atoms with Crippen LogP contribution in [0.5, 0.6) is 0 Å². The Morgan fingerprint density at radius 2 is 1.77 bits per heavy atom. The Kier molecular flexibility index (Phi) is 5.52. The Balaban J connectivity index is 3.68. The van der Waals surface area contributed by atoms with Crippen LogP contribution >= 0.6 is 0 Å². The maximum Gasteiger partial charge on any atom is 0.0226 e. The molecule has 0 heterocycles. The zero-order valence-electron chi connectivity index (χ0n) is 9.56. The number of nitrogens with zero attached hydrogens (tertiary/aromatic N) is 1. The van der Waals surface area contributed by atoms with Crippen LogP contribution in [0.4, 0.5) is 0 Å². The van der Waals surface area contributed by atoms with Gasteiger partial charge >= 0.3 is 0 Å². The third-order valence-corrected chi connectivity index (χ3v) is 2.34. The van der Waals surface area contributed by atoms with Crippen molar-refractivity contribution >= 4 is 0 Å². The molecule has 0 saturated heterocycles. The van der Waals surface area contributed by atoms with Gasteiger partial charge in [0.05, 0.1) is 0 Å². The average molecular weight is 181 g/mol. The average Bonchev–Trinajstić information content (AvgIpc) is 2.02. The van der Waals surface area contributed by atoms with Crippen molar-refractivity contribution in [1.29, 1.82) is 0 Å². The lowest BCUT2D eigenvalue weighted by atomic mass is 10.1. The van der Waals surface area contributed by atoms with Crippen LogP contribution in [0.2, 0.25) is 0 Å². The molecule has 0 N–H and O–H groups in total. The van der Waals surface area contributed by atoms with Crippen LogP contribution in [-0.4, -0.2) is 18.0 Å². The Bertz CT molecular complexity index is 180. The van der Waals surface area contributed by atoms with E-state index < -0.39 is 0 Å². The molecule has 0 amide bonds. The lowest BCUT2D eigenvalue weighted by Crippen LogP contribution is -2.24. The number of hydrogen-bond acceptors (Lipinski definition) is 1. The molecule has 0 spiro atoms. The summed E-state index contributed by atoms with van der Waals surface area (Å²) in [6.07, 6.45) is 3.37. The molecule has 76 valence electrons. The molecule has 0 unspecified atom stereocenters. The quantitative estimate of drug-likeness (QED) is 0.566. The number of rotatable bonds is 6. The monoisotopic (exact) mass is 181 g/mol. The van der Waals surface area contributed by atoms with Gasteiger partial charge in [0, 0.05) is 18.8 Å². The first-order valence-electron chi connectivity index (χ1n) is 5.00. The summed E-state index contributed by atoms with van der Waals surface area (Å²) in [6.45, 7) is 14.4. The largest absolute Gasteiger partial charge is 0.376 e. The van der Waals surface area contributed by atoms with Gasteiger partial charge in [-0.25, -0.2) is 0 Å². The summed E-state index contributed by atoms with van der Waals surface area (Å²) in [7, 11) is 2.10. The fraction of sp³-hybridized carbons (Fsp3) is 0.667. The molecule has 1 nitrogen and oxygen atoms in total. The van der Waals surface area contributed by atoms with E-state index in [2.05, 4.69) is 45.9 Å². The minimum absolute atomic E-state index is 0.553. The van der Waals surface area contributed by atoms with E-state index in [0.29, 0.717) is 6.04 Å². The van der Waals surface area contributed by atoms with Crippen LogP contribution < -0.4 is 0 Å². The second-order valence-corrected chi connectivity index (χ2v) is 4.08. The molecule has 0 aromatic carbocycles. The highest BCUT2D eigenvalue weighted by molar-refractivity contribution is 4.96. The smallest absolute Gasteiger partial charge is 0.0226 e. The van der Waals surface area contributed by atoms with Gasteiger partial charge in [-0.15, -0.1) is 6.58 Å². The molecule has 0 atom stereocenters. The maximum atomic E-state index is 4.07. The molecule has 0 aliphatic rings. The fourth-order valence-corrected chi connectivity index (χ4v) is 1.14. The van der Waals surface area contributed by atoms with E-state index in [1.165, 1.54) is 17.7 Å². The van der Waals surface area contributed by atoms with Crippen LogP contribution in [0, 0.1) is 0 Å². The van der Waals surface area contributed by atoms with E-state index in [-0.39, 0.29) is 0 Å². The molecule has 0 rings (SSSR count). The molecular formula is C12H23N. The van der Waals surface area contributed by atoms with Crippen molar-refractivity contribution in [3.05, 3.63) is 24.4 Å². The summed E-state index contributed by atoms with van der Waals surface area (Å²) in [5.41, 5.74) is 2.50. The SMILES string of the molecule is C=C(C)CCCC(=C)N(C)C(C)C. The Morgan fingerprint density at radius 1 is 1.23 bits per heavy atom. The molecule has 0 bridgehead atoms. The predicted octanol–water partition coefficient (Wildman–Crippen LogP) is 3.59. The Labute approximate surface area is 83.1 Å². The minimum Gasteiger partial charge on any atom is -0.376 e. The first-order chi connectivity index (χ1) is 5.95. The van der Waals surface area contributed by atoms with Crippen LogP contribution in [-0.2, 0) is 0 Å². The molecular weight excluding hydrogens is 158 g/mol. The summed E-state index contributed by atoms with van der Waals surface area (Å²) in [5.74, 6) is 0. The molecule has 0 saturated carbocycles. The van der Waals surface area contributed by atoms with E-state index in [1.54, 1.807) is 0 Å². The van der Waals surface area contributed by atoms with Crippen molar-refractivity contribution in [3.8, 4) is 0 Å². The van der Waals surface area contributed by atoms with E-state index in [0.717, 1.165) is 12.8 Å². The highest BCUT2D eigenvalue weighted by atomic mass is 15.1. The first kappa shape index (κ1) is 12.3. The van der Waals surface area contributed by atoms with E-state index in [1.807, 2.05) is 0 Å². The van der Waals surface area contributed by atoms with E-state index >= 15 is 0 Å². The fourth-order valence-electron chi connectivity index (χ4n) is 1.14. The summed E-state index contributed by atoms with van der Waals surface area (Å²) in [4.78, 5) is 2.23. The second kappa shape index (κ2) is 5.85. The maximum absolute atomic E-state index is 4.07. The van der Waals surface area contributed by atoms with Crippen molar-refractivity contribution in [2.45, 2.75) is 46.1 Å². The van der Waals surface area contributed by atoms with Crippen molar-refractivity contribution in [3.63, 3.8) is 0 Å². The Morgan fingerprint density at radius 3 is 2.15 bits per heavy atom. The zero-order valence-corrected chi connectivity index (χ0v) is 9.56. The minimum atomic E-state index is 0.553. The first-order valence-corrected chi connectivity index (χ1v) is 5.00. The van der Waals surface area contributed by atoms with Gasteiger partial charge in [-0.1, -0.05) is 12.2 Å². The summed E-state index contributed by atoms with van der Waals surface area (Å²) < 4.78 is 0. The zero-order chi connectivity index (χ0) is 10.4. The number of hydrogen-bond donors (Lipinski definition) is 0. The molecule has 0 aromatic heterocycles. The molecule has 0 aliphatic carbocycles. The van der Waals surface area contributed by atoms with Gasteiger partial charge in [-0.3, -0.25) is 0 Å². The van der Waals surface area contributed by atoms with Crippen LogP contribution in [0.15, 0.2) is 24.4 Å². The summed E-state index contributed by atoms with van der Waals surface area (Å²) >= 11 is 0. The topological polar surface area (TPSA) is 3.24 Å². The Hall–Kier alpha value is -0.720. The predicted molar refractivity (Wildman–Crippen MR) is 60.7 cm³/mol. The van der Waals surface area contributed by atoms with Gasteiger partial charge in [0.25, 0.3) is 0 Å². The van der Waals surface area contributed by atoms with Crippen LogP contribution in [0.3, 0.4) is 0 Å². The highest BCUT2D eigenvalue weighted by Gasteiger charge is 2.04. The third kappa shape index (κ3) is 5.51. The molecule has 0 radical (unpaired) electrons. The van der Waals surface area contributed by atoms with Gasteiger partial charge in [0.1, 0.15) is 0 Å². The highest BCUT2D eigenvalue weighted by Crippen LogP contribution is 2.13.